The molecule has 0 saturated carbocycles. The highest BCUT2D eigenvalue weighted by molar-refractivity contribution is 5.72. The molecule has 0 radical (unpaired) electrons. The second kappa shape index (κ2) is 33.1. The van der Waals surface area contributed by atoms with Crippen LogP contribution >= 0.6 is 0 Å². The quantitative estimate of drug-likeness (QED) is 0.0400. The lowest BCUT2D eigenvalue weighted by atomic mass is 9.90. The number of rotatable bonds is 38. The zero-order valence-corrected chi connectivity index (χ0v) is 33.4. The van der Waals surface area contributed by atoms with Crippen LogP contribution in [0, 0.1) is 0 Å². The van der Waals surface area contributed by atoms with Gasteiger partial charge in [0.1, 0.15) is 6.54 Å². The number of quaternary nitrogens is 1. The molecule has 0 bridgehead atoms. The van der Waals surface area contributed by atoms with Gasteiger partial charge < -0.3 is 14.3 Å². The van der Waals surface area contributed by atoms with Gasteiger partial charge >= 0.3 is 11.9 Å². The molecule has 0 aliphatic rings. The summed E-state index contributed by atoms with van der Waals surface area (Å²) >= 11 is 0. The average Bonchev–Trinajstić information content (AvgIpc) is 3.01. The molecule has 0 aliphatic carbocycles. The van der Waals surface area contributed by atoms with Crippen LogP contribution in [0.4, 0.5) is 0 Å². The van der Waals surface area contributed by atoms with E-state index in [4.69, 9.17) is 4.74 Å². The van der Waals surface area contributed by atoms with Crippen LogP contribution in [0.2, 0.25) is 0 Å². The van der Waals surface area contributed by atoms with Gasteiger partial charge in [0.25, 0.3) is 0 Å². The summed E-state index contributed by atoms with van der Waals surface area (Å²) in [5, 5.41) is 9.81. The molecular formula is C43H86NO4+. The van der Waals surface area contributed by atoms with E-state index in [0.29, 0.717) is 23.9 Å². The van der Waals surface area contributed by atoms with Crippen molar-refractivity contribution in [2.24, 2.45) is 0 Å². The van der Waals surface area contributed by atoms with Crippen LogP contribution in [-0.2, 0) is 14.3 Å². The van der Waals surface area contributed by atoms with Crippen LogP contribution in [0.1, 0.15) is 232 Å². The summed E-state index contributed by atoms with van der Waals surface area (Å²) in [5.74, 6) is -1.09. The van der Waals surface area contributed by atoms with Gasteiger partial charge in [0, 0.05) is 6.42 Å². The van der Waals surface area contributed by atoms with Gasteiger partial charge in [-0.1, -0.05) is 200 Å². The normalized spacial score (nSPS) is 13.1. The molecule has 5 heteroatoms. The Morgan fingerprint density at radius 1 is 0.479 bits per heavy atom. The lowest BCUT2D eigenvalue weighted by Gasteiger charge is -2.38. The van der Waals surface area contributed by atoms with Gasteiger partial charge in [-0.05, 0) is 19.3 Å². The topological polar surface area (TPSA) is 63.6 Å². The number of hydrogen-bond acceptors (Lipinski definition) is 3. The monoisotopic (exact) mass is 681 g/mol. The molecule has 0 saturated heterocycles. The van der Waals surface area contributed by atoms with Crippen LogP contribution < -0.4 is 0 Å². The fourth-order valence-electron chi connectivity index (χ4n) is 7.41. The number of nitrogens with zero attached hydrogens (tertiary/aromatic N) is 1. The Balaban J connectivity index is 4.20. The fourth-order valence-corrected chi connectivity index (χ4v) is 7.41. The van der Waals surface area contributed by atoms with Gasteiger partial charge in [-0.15, -0.1) is 0 Å². The maximum Gasteiger partial charge on any atom is 0.307 e. The van der Waals surface area contributed by atoms with E-state index in [1.54, 1.807) is 0 Å². The SMILES string of the molecule is CCCCCCCCCCCCCCCCCCC(CC(=O)O)(C[N+](C)(C)C)OC(=O)CCCCCCCCCCCCCCCCC. The lowest BCUT2D eigenvalue weighted by Crippen LogP contribution is -2.52. The van der Waals surface area contributed by atoms with Gasteiger partial charge in [-0.2, -0.15) is 0 Å². The Kier molecular flexibility index (Phi) is 32.3. The molecule has 0 spiro atoms. The molecule has 0 aromatic heterocycles. The molecule has 0 fully saturated rings. The number of likely N-dealkylation sites (N-methyl/N-ethyl adjacent to an activating group) is 1. The van der Waals surface area contributed by atoms with Gasteiger partial charge in [0.2, 0.25) is 0 Å². The van der Waals surface area contributed by atoms with Crippen molar-refractivity contribution in [1.82, 2.24) is 0 Å². The van der Waals surface area contributed by atoms with Crippen molar-refractivity contribution in [3.63, 3.8) is 0 Å². The predicted molar refractivity (Wildman–Crippen MR) is 208 cm³/mol. The van der Waals surface area contributed by atoms with Gasteiger partial charge in [-0.3, -0.25) is 9.59 Å². The van der Waals surface area contributed by atoms with Crippen molar-refractivity contribution in [3.05, 3.63) is 0 Å². The van der Waals surface area contributed by atoms with Crippen LogP contribution in [0.5, 0.6) is 0 Å². The first-order chi connectivity index (χ1) is 23.1. The molecule has 0 heterocycles. The number of carboxylic acid groups (broad SMARTS) is 1. The number of carboxylic acids is 1. The molecule has 1 unspecified atom stereocenters. The number of carbonyl (C=O) groups is 2. The number of ether oxygens (including phenoxy) is 1. The van der Waals surface area contributed by atoms with Crippen molar-refractivity contribution in [2.45, 2.75) is 238 Å². The molecule has 0 amide bonds. The lowest BCUT2D eigenvalue weighted by molar-refractivity contribution is -0.876. The van der Waals surface area contributed by atoms with Crippen LogP contribution in [0.25, 0.3) is 0 Å². The summed E-state index contributed by atoms with van der Waals surface area (Å²) in [6.07, 6.45) is 41.3. The second-order valence-corrected chi connectivity index (χ2v) is 16.4. The van der Waals surface area contributed by atoms with E-state index < -0.39 is 11.6 Å². The van der Waals surface area contributed by atoms with E-state index in [2.05, 4.69) is 35.0 Å². The number of carbonyl (C=O) groups excluding carboxylic acids is 1. The van der Waals surface area contributed by atoms with Crippen LogP contribution in [0.15, 0.2) is 0 Å². The fraction of sp³-hybridized carbons (Fsp3) is 0.953. The Bertz CT molecular complexity index is 718. The highest BCUT2D eigenvalue weighted by Gasteiger charge is 2.41. The van der Waals surface area contributed by atoms with E-state index in [1.165, 1.54) is 173 Å². The number of hydrogen-bond donors (Lipinski definition) is 1. The summed E-state index contributed by atoms with van der Waals surface area (Å²) in [7, 11) is 6.19. The minimum Gasteiger partial charge on any atom is -0.481 e. The van der Waals surface area contributed by atoms with E-state index in [9.17, 15) is 14.7 Å². The minimum atomic E-state index is -0.924. The second-order valence-electron chi connectivity index (χ2n) is 16.4. The van der Waals surface area contributed by atoms with E-state index in [1.807, 2.05) is 0 Å². The van der Waals surface area contributed by atoms with Crippen molar-refractivity contribution in [1.29, 1.82) is 0 Å². The molecule has 1 N–H and O–H groups in total. The molecule has 0 aliphatic heterocycles. The van der Waals surface area contributed by atoms with Crippen molar-refractivity contribution >= 4 is 11.9 Å². The first-order valence-electron chi connectivity index (χ1n) is 21.4. The average molecular weight is 681 g/mol. The number of aliphatic carboxylic acids is 1. The minimum absolute atomic E-state index is 0.105. The summed E-state index contributed by atoms with van der Waals surface area (Å²) in [5.41, 5.74) is -0.924. The Labute approximate surface area is 300 Å². The summed E-state index contributed by atoms with van der Waals surface area (Å²) in [6.45, 7) is 5.09. The third kappa shape index (κ3) is 33.4. The first-order valence-corrected chi connectivity index (χ1v) is 21.4. The maximum atomic E-state index is 13.0. The molecule has 0 rings (SSSR count). The molecule has 5 nitrogen and oxygen atoms in total. The Morgan fingerprint density at radius 3 is 1.06 bits per heavy atom. The van der Waals surface area contributed by atoms with Crippen molar-refractivity contribution < 1.29 is 23.9 Å². The Morgan fingerprint density at radius 2 is 0.771 bits per heavy atom. The molecule has 1 atom stereocenters. The third-order valence-electron chi connectivity index (χ3n) is 10.0. The standard InChI is InChI=1S/C43H85NO4/c1-6-8-10-12-14-16-18-20-22-24-26-28-30-32-34-36-38-43(39-41(45)46,40-44(3,4)5)48-42(47)37-35-33-31-29-27-25-23-21-19-17-15-13-11-9-7-2/h6-40H2,1-5H3/p+1. The zero-order chi connectivity index (χ0) is 35.6. The van der Waals surface area contributed by atoms with Crippen LogP contribution in [-0.4, -0.2) is 54.8 Å². The number of unbranched alkanes of at least 4 members (excludes halogenated alkanes) is 29. The highest BCUT2D eigenvalue weighted by Crippen LogP contribution is 2.29. The van der Waals surface area contributed by atoms with Crippen molar-refractivity contribution in [2.75, 3.05) is 27.7 Å². The van der Waals surface area contributed by atoms with Crippen molar-refractivity contribution in [3.8, 4) is 0 Å². The molecule has 0 aromatic rings. The summed E-state index contributed by atoms with van der Waals surface area (Å²) in [6, 6.07) is 0. The number of esters is 1. The van der Waals surface area contributed by atoms with Crippen LogP contribution in [0.3, 0.4) is 0 Å². The largest absolute Gasteiger partial charge is 0.481 e. The highest BCUT2D eigenvalue weighted by atomic mass is 16.6. The summed E-state index contributed by atoms with van der Waals surface area (Å²) in [4.78, 5) is 25.0. The molecule has 0 aromatic carbocycles. The molecular weight excluding hydrogens is 594 g/mol. The van der Waals surface area contributed by atoms with Gasteiger partial charge in [-0.25, -0.2) is 0 Å². The molecule has 286 valence electrons. The van der Waals surface area contributed by atoms with Gasteiger partial charge in [0.05, 0.1) is 27.6 Å². The smallest absolute Gasteiger partial charge is 0.307 e. The zero-order valence-electron chi connectivity index (χ0n) is 33.4. The van der Waals surface area contributed by atoms with Gasteiger partial charge in [0.15, 0.2) is 5.60 Å². The molecule has 48 heavy (non-hydrogen) atoms. The first kappa shape index (κ1) is 46.9. The Hall–Kier alpha value is -1.10. The van der Waals surface area contributed by atoms with E-state index >= 15 is 0 Å². The third-order valence-corrected chi connectivity index (χ3v) is 10.0. The maximum absolute atomic E-state index is 13.0. The van der Waals surface area contributed by atoms with E-state index in [-0.39, 0.29) is 12.4 Å². The summed E-state index contributed by atoms with van der Waals surface area (Å²) < 4.78 is 6.71. The predicted octanol–water partition coefficient (Wildman–Crippen LogP) is 13.4. The van der Waals surface area contributed by atoms with E-state index in [0.717, 1.165) is 25.7 Å².